The van der Waals surface area contributed by atoms with E-state index in [9.17, 15) is 4.79 Å². The maximum atomic E-state index is 11.7. The summed E-state index contributed by atoms with van der Waals surface area (Å²) in [5, 5.41) is 3.43. The Labute approximate surface area is 123 Å². The van der Waals surface area contributed by atoms with Crippen LogP contribution >= 0.6 is 11.6 Å². The summed E-state index contributed by atoms with van der Waals surface area (Å²) in [5.74, 6) is 5.83. The molecule has 0 spiro atoms. The molecule has 0 aliphatic carbocycles. The monoisotopic (exact) mass is 283 g/mol. The van der Waals surface area contributed by atoms with Crippen molar-refractivity contribution >= 4 is 17.5 Å². The summed E-state index contributed by atoms with van der Waals surface area (Å²) in [5.41, 5.74) is 1.84. The van der Waals surface area contributed by atoms with E-state index in [2.05, 4.69) is 17.2 Å². The third-order valence-electron chi connectivity index (χ3n) is 2.64. The molecule has 0 heterocycles. The number of hydrogen-bond donors (Lipinski definition) is 1. The van der Waals surface area contributed by atoms with Gasteiger partial charge in [-0.3, -0.25) is 4.79 Å². The molecular formula is C17H14ClNO. The maximum Gasteiger partial charge on any atom is 0.225 e. The third-order valence-corrected chi connectivity index (χ3v) is 2.87. The number of benzene rings is 2. The summed E-state index contributed by atoms with van der Waals surface area (Å²) >= 11 is 5.86. The molecule has 1 amide bonds. The summed E-state index contributed by atoms with van der Waals surface area (Å²) in [6, 6.07) is 16.9. The lowest BCUT2D eigenvalue weighted by Crippen LogP contribution is -2.25. The van der Waals surface area contributed by atoms with Gasteiger partial charge in [0.2, 0.25) is 5.91 Å². The summed E-state index contributed by atoms with van der Waals surface area (Å²) in [4.78, 5) is 11.7. The van der Waals surface area contributed by atoms with Gasteiger partial charge in [-0.05, 0) is 23.8 Å². The average Bonchev–Trinajstić information content (AvgIpc) is 2.45. The predicted octanol–water partition coefficient (Wildman–Crippen LogP) is 3.05. The van der Waals surface area contributed by atoms with E-state index >= 15 is 0 Å². The topological polar surface area (TPSA) is 29.1 Å². The Hall–Kier alpha value is -2.24. The minimum atomic E-state index is -0.0309. The van der Waals surface area contributed by atoms with Crippen molar-refractivity contribution in [3.63, 3.8) is 0 Å². The molecule has 20 heavy (non-hydrogen) atoms. The first kappa shape index (κ1) is 14.2. The molecule has 2 nitrogen and oxygen atoms in total. The zero-order valence-electron chi connectivity index (χ0n) is 10.9. The Morgan fingerprint density at radius 1 is 1.10 bits per heavy atom. The van der Waals surface area contributed by atoms with Crippen LogP contribution in [0.4, 0.5) is 0 Å². The number of halogens is 1. The fourth-order valence-electron chi connectivity index (χ4n) is 1.70. The smallest absolute Gasteiger partial charge is 0.225 e. The molecule has 0 radical (unpaired) electrons. The molecule has 0 atom stereocenters. The molecule has 0 bridgehead atoms. The van der Waals surface area contributed by atoms with E-state index in [1.54, 1.807) is 12.1 Å². The van der Waals surface area contributed by atoms with Crippen LogP contribution in [0, 0.1) is 11.8 Å². The lowest BCUT2D eigenvalue weighted by molar-refractivity contribution is -0.120. The van der Waals surface area contributed by atoms with Crippen LogP contribution in [0.15, 0.2) is 54.6 Å². The van der Waals surface area contributed by atoms with Crippen molar-refractivity contribution in [2.24, 2.45) is 0 Å². The zero-order chi connectivity index (χ0) is 14.2. The highest BCUT2D eigenvalue weighted by atomic mass is 35.5. The van der Waals surface area contributed by atoms with Gasteiger partial charge in [0.1, 0.15) is 0 Å². The summed E-state index contributed by atoms with van der Waals surface area (Å²) in [6.07, 6.45) is 0.375. The Kier molecular flexibility index (Phi) is 5.23. The molecule has 0 aromatic heterocycles. The van der Waals surface area contributed by atoms with E-state index in [1.807, 2.05) is 42.5 Å². The van der Waals surface area contributed by atoms with Gasteiger partial charge in [-0.15, -0.1) is 0 Å². The number of rotatable bonds is 3. The Bertz CT molecular complexity index is 641. The maximum absolute atomic E-state index is 11.7. The highest BCUT2D eigenvalue weighted by Gasteiger charge is 2.00. The van der Waals surface area contributed by atoms with Gasteiger partial charge in [0, 0.05) is 10.6 Å². The molecule has 100 valence electrons. The Morgan fingerprint density at radius 2 is 1.90 bits per heavy atom. The van der Waals surface area contributed by atoms with Crippen molar-refractivity contribution < 1.29 is 4.79 Å². The van der Waals surface area contributed by atoms with Crippen molar-refractivity contribution in [1.29, 1.82) is 0 Å². The number of amides is 1. The summed E-state index contributed by atoms with van der Waals surface area (Å²) < 4.78 is 0. The minimum Gasteiger partial charge on any atom is -0.345 e. The van der Waals surface area contributed by atoms with Crippen molar-refractivity contribution in [1.82, 2.24) is 5.32 Å². The van der Waals surface area contributed by atoms with Crippen LogP contribution in [0.2, 0.25) is 5.02 Å². The largest absolute Gasteiger partial charge is 0.345 e. The second-order valence-corrected chi connectivity index (χ2v) is 4.69. The van der Waals surface area contributed by atoms with Gasteiger partial charge in [-0.2, -0.15) is 0 Å². The second-order valence-electron chi connectivity index (χ2n) is 4.25. The first-order chi connectivity index (χ1) is 9.74. The average molecular weight is 284 g/mol. The van der Waals surface area contributed by atoms with Crippen molar-refractivity contribution in [3.8, 4) is 11.8 Å². The first-order valence-electron chi connectivity index (χ1n) is 6.29. The van der Waals surface area contributed by atoms with Crippen molar-refractivity contribution in [3.05, 3.63) is 70.7 Å². The number of nitrogens with one attached hydrogen (secondary N) is 1. The number of carbonyl (C=O) groups excluding carboxylic acids is 1. The van der Waals surface area contributed by atoms with Gasteiger partial charge < -0.3 is 5.32 Å². The van der Waals surface area contributed by atoms with Crippen LogP contribution in [-0.4, -0.2) is 12.5 Å². The van der Waals surface area contributed by atoms with Crippen LogP contribution < -0.4 is 5.32 Å². The van der Waals surface area contributed by atoms with Crippen LogP contribution in [0.1, 0.15) is 11.1 Å². The molecule has 3 heteroatoms. The van der Waals surface area contributed by atoms with Crippen molar-refractivity contribution in [2.45, 2.75) is 6.42 Å². The molecular weight excluding hydrogens is 270 g/mol. The fraction of sp³-hybridized carbons (Fsp3) is 0.118. The normalized spacial score (nSPS) is 9.45. The quantitative estimate of drug-likeness (QED) is 0.862. The van der Waals surface area contributed by atoms with Crippen LogP contribution in [0.3, 0.4) is 0 Å². The molecule has 2 aromatic rings. The number of carbonyl (C=O) groups is 1. The van der Waals surface area contributed by atoms with E-state index in [0.717, 1.165) is 11.1 Å². The van der Waals surface area contributed by atoms with Crippen LogP contribution in [0.5, 0.6) is 0 Å². The van der Waals surface area contributed by atoms with Gasteiger partial charge in [-0.25, -0.2) is 0 Å². The Balaban J connectivity index is 1.80. The lowest BCUT2D eigenvalue weighted by atomic mass is 10.1. The molecule has 2 rings (SSSR count). The molecule has 1 N–H and O–H groups in total. The molecule has 0 aliphatic rings. The summed E-state index contributed by atoms with van der Waals surface area (Å²) in [7, 11) is 0. The molecule has 0 saturated heterocycles. The predicted molar refractivity (Wildman–Crippen MR) is 81.5 cm³/mol. The second kappa shape index (κ2) is 7.37. The van der Waals surface area contributed by atoms with Gasteiger partial charge in [0.25, 0.3) is 0 Å². The number of hydrogen-bond acceptors (Lipinski definition) is 1. The molecule has 0 unspecified atom stereocenters. The van der Waals surface area contributed by atoms with Gasteiger partial charge in [0.15, 0.2) is 0 Å². The van der Waals surface area contributed by atoms with E-state index in [0.29, 0.717) is 18.0 Å². The molecule has 0 saturated carbocycles. The van der Waals surface area contributed by atoms with Gasteiger partial charge in [0.05, 0.1) is 13.0 Å². The Morgan fingerprint density at radius 3 is 2.65 bits per heavy atom. The first-order valence-corrected chi connectivity index (χ1v) is 6.67. The van der Waals surface area contributed by atoms with E-state index in [-0.39, 0.29) is 5.91 Å². The van der Waals surface area contributed by atoms with Crippen LogP contribution in [0.25, 0.3) is 0 Å². The van der Waals surface area contributed by atoms with E-state index in [1.165, 1.54) is 0 Å². The standard InChI is InChI=1S/C17H14ClNO/c18-16-10-4-8-14(12-16)9-5-11-19-17(20)13-15-6-2-1-3-7-15/h1-4,6-8,10,12H,11,13H2,(H,19,20). The highest BCUT2D eigenvalue weighted by Crippen LogP contribution is 2.09. The SMILES string of the molecule is O=C(Cc1ccccc1)NCC#Cc1cccc(Cl)c1. The van der Waals surface area contributed by atoms with Crippen molar-refractivity contribution in [2.75, 3.05) is 6.54 Å². The molecule has 2 aromatic carbocycles. The lowest BCUT2D eigenvalue weighted by Gasteiger charge is -2.01. The van der Waals surface area contributed by atoms with Gasteiger partial charge >= 0.3 is 0 Å². The highest BCUT2D eigenvalue weighted by molar-refractivity contribution is 6.30. The molecule has 0 aliphatic heterocycles. The fourth-order valence-corrected chi connectivity index (χ4v) is 1.89. The molecule has 0 fully saturated rings. The van der Waals surface area contributed by atoms with E-state index < -0.39 is 0 Å². The third kappa shape index (κ3) is 4.79. The summed E-state index contributed by atoms with van der Waals surface area (Å²) in [6.45, 7) is 0.332. The zero-order valence-corrected chi connectivity index (χ0v) is 11.7. The minimum absolute atomic E-state index is 0.0309. The van der Waals surface area contributed by atoms with Gasteiger partial charge in [-0.1, -0.05) is 59.8 Å². The van der Waals surface area contributed by atoms with E-state index in [4.69, 9.17) is 11.6 Å². The van der Waals surface area contributed by atoms with Crippen LogP contribution in [-0.2, 0) is 11.2 Å².